The maximum absolute atomic E-state index is 12.6. The molecule has 1 atom stereocenters. The second-order valence-electron chi connectivity index (χ2n) is 12.0. The average molecular weight is 597 g/mol. The van der Waals surface area contributed by atoms with Crippen LogP contribution in [0, 0.1) is 16.2 Å². The Morgan fingerprint density at radius 2 is 1.80 bits per heavy atom. The molecule has 216 valence electrons. The van der Waals surface area contributed by atoms with Crippen LogP contribution in [0.2, 0.25) is 10.0 Å². The molecule has 11 heteroatoms. The van der Waals surface area contributed by atoms with E-state index in [-0.39, 0.29) is 22.4 Å². The first-order chi connectivity index (χ1) is 19.4. The van der Waals surface area contributed by atoms with E-state index >= 15 is 0 Å². The van der Waals surface area contributed by atoms with Crippen molar-refractivity contribution in [3.8, 4) is 5.75 Å². The Labute approximate surface area is 250 Å². The van der Waals surface area contributed by atoms with Gasteiger partial charge in [-0.05, 0) is 49.2 Å². The number of carbonyl (C=O) groups is 1. The normalized spacial score (nSPS) is 16.6. The van der Waals surface area contributed by atoms with Gasteiger partial charge in [-0.3, -0.25) is 15.2 Å². The van der Waals surface area contributed by atoms with E-state index in [1.165, 1.54) is 12.4 Å². The van der Waals surface area contributed by atoms with Crippen molar-refractivity contribution >= 4 is 46.3 Å². The number of likely N-dealkylation sites (tertiary alicyclic amines) is 1. The molecule has 0 saturated carbocycles. The van der Waals surface area contributed by atoms with E-state index in [1.807, 2.05) is 37.8 Å². The van der Waals surface area contributed by atoms with Gasteiger partial charge in [-0.2, -0.15) is 0 Å². The number of nitrogens with zero attached hydrogens (tertiary/aromatic N) is 4. The van der Waals surface area contributed by atoms with E-state index in [1.54, 1.807) is 24.4 Å². The molecule has 3 aromatic rings. The fourth-order valence-electron chi connectivity index (χ4n) is 5.43. The number of halogens is 2. The lowest BCUT2D eigenvalue weighted by molar-refractivity contribution is -0.147. The Hall–Kier alpha value is -3.40. The van der Waals surface area contributed by atoms with Crippen LogP contribution in [-0.4, -0.2) is 59.2 Å². The molecule has 2 saturated heterocycles. The van der Waals surface area contributed by atoms with Crippen molar-refractivity contribution in [3.63, 3.8) is 0 Å². The lowest BCUT2D eigenvalue weighted by Gasteiger charge is -2.60. The molecule has 9 nitrogen and oxygen atoms in total. The lowest BCUT2D eigenvalue weighted by atomic mass is 9.72. The monoisotopic (exact) mass is 595 g/mol. The van der Waals surface area contributed by atoms with Crippen molar-refractivity contribution in [2.45, 2.75) is 33.3 Å². The molecule has 0 aliphatic carbocycles. The third-order valence-electron chi connectivity index (χ3n) is 7.90. The number of hydrogen-bond donors (Lipinski definition) is 3. The Balaban J connectivity index is 1.20. The first-order valence-corrected chi connectivity index (χ1v) is 14.3. The zero-order valence-electron chi connectivity index (χ0n) is 23.5. The summed E-state index contributed by atoms with van der Waals surface area (Å²) in [6.45, 7) is 9.66. The summed E-state index contributed by atoms with van der Waals surface area (Å²) in [5, 5.41) is 9.65. The maximum atomic E-state index is 12.6. The van der Waals surface area contributed by atoms with Gasteiger partial charge in [0.1, 0.15) is 17.7 Å². The van der Waals surface area contributed by atoms with Crippen LogP contribution in [0.15, 0.2) is 48.9 Å². The number of anilines is 2. The van der Waals surface area contributed by atoms with Gasteiger partial charge in [-0.1, -0.05) is 37.0 Å². The number of rotatable bonds is 9. The molecule has 1 spiro atoms. The second kappa shape index (κ2) is 11.1. The number of benzene rings is 1. The summed E-state index contributed by atoms with van der Waals surface area (Å²) in [7, 11) is 0. The summed E-state index contributed by atoms with van der Waals surface area (Å²) in [6.07, 6.45) is 4.78. The van der Waals surface area contributed by atoms with Crippen LogP contribution in [0.3, 0.4) is 0 Å². The van der Waals surface area contributed by atoms with E-state index in [0.29, 0.717) is 51.1 Å². The fraction of sp³-hybridized carbons (Fsp3) is 0.400. The molecule has 5 N–H and O–H groups in total. The molecule has 0 radical (unpaired) electrons. The van der Waals surface area contributed by atoms with Crippen molar-refractivity contribution in [3.05, 3.63) is 75.7 Å². The minimum atomic E-state index is -0.442. The fourth-order valence-corrected chi connectivity index (χ4v) is 6.10. The van der Waals surface area contributed by atoms with E-state index in [0.717, 1.165) is 32.0 Å². The highest BCUT2D eigenvalue weighted by molar-refractivity contribution is 6.35. The Morgan fingerprint density at radius 3 is 2.41 bits per heavy atom. The summed E-state index contributed by atoms with van der Waals surface area (Å²) < 4.78 is 6.10. The third-order valence-corrected chi connectivity index (χ3v) is 8.51. The molecule has 4 heterocycles. The Morgan fingerprint density at radius 1 is 1.12 bits per heavy atom. The Kier molecular flexibility index (Phi) is 7.89. The first kappa shape index (κ1) is 29.1. The number of hydrogen-bond acceptors (Lipinski definition) is 8. The van der Waals surface area contributed by atoms with Gasteiger partial charge in [0.05, 0.1) is 15.8 Å². The number of ether oxygens (including phenoxy) is 1. The zero-order chi connectivity index (χ0) is 29.5. The molecule has 2 aliphatic heterocycles. The predicted octanol–water partition coefficient (Wildman–Crippen LogP) is 4.95. The van der Waals surface area contributed by atoms with Gasteiger partial charge in [0.2, 0.25) is 5.91 Å². The SMILES string of the molecule is C[C@@H](Oc1ccc(N)c(C(=N)c2ccc(N3CC4(CN(C(=O)CC(C)(C)CN)C4)C3)nc2)c1)c1c(Cl)cncc1Cl. The second-order valence-corrected chi connectivity index (χ2v) is 12.8. The summed E-state index contributed by atoms with van der Waals surface area (Å²) in [5.74, 6) is 1.57. The van der Waals surface area contributed by atoms with Gasteiger partial charge in [0.25, 0.3) is 0 Å². The van der Waals surface area contributed by atoms with Gasteiger partial charge < -0.3 is 26.0 Å². The number of aromatic nitrogens is 2. The minimum absolute atomic E-state index is 0.145. The van der Waals surface area contributed by atoms with Crippen LogP contribution in [0.25, 0.3) is 0 Å². The molecule has 2 aromatic heterocycles. The standard InChI is InChI=1S/C30H35Cl2N7O2/c1-18(27-22(31)11-36-12-23(27)32)41-20-5-6-24(34)21(8-20)28(35)19-4-7-25(37-10-19)38-14-30(15-38)16-39(17-30)26(40)9-29(2,3)13-33/h4-8,10-12,18,35H,9,13-17,33-34H2,1-3H3/t18-/m1/s1. The number of nitrogens with two attached hydrogens (primary N) is 2. The van der Waals surface area contributed by atoms with Crippen LogP contribution >= 0.6 is 23.2 Å². The van der Waals surface area contributed by atoms with E-state index < -0.39 is 6.10 Å². The third kappa shape index (κ3) is 5.98. The topological polar surface area (TPSA) is 134 Å². The van der Waals surface area contributed by atoms with Gasteiger partial charge in [0.15, 0.2) is 0 Å². The van der Waals surface area contributed by atoms with Crippen molar-refractivity contribution in [2.75, 3.05) is 43.4 Å². The average Bonchev–Trinajstić information content (AvgIpc) is 2.88. The number of pyridine rings is 2. The van der Waals surface area contributed by atoms with Crippen LogP contribution in [0.1, 0.15) is 50.0 Å². The molecule has 0 unspecified atom stereocenters. The molecule has 1 amide bonds. The molecule has 2 aliphatic rings. The first-order valence-electron chi connectivity index (χ1n) is 13.5. The van der Waals surface area contributed by atoms with Crippen molar-refractivity contribution < 1.29 is 9.53 Å². The van der Waals surface area contributed by atoms with Crippen LogP contribution in [0.4, 0.5) is 11.5 Å². The van der Waals surface area contributed by atoms with Crippen LogP contribution in [0.5, 0.6) is 5.75 Å². The zero-order valence-corrected chi connectivity index (χ0v) is 25.0. The van der Waals surface area contributed by atoms with Crippen LogP contribution in [-0.2, 0) is 4.79 Å². The predicted molar refractivity (Wildman–Crippen MR) is 163 cm³/mol. The van der Waals surface area contributed by atoms with Crippen molar-refractivity contribution in [1.82, 2.24) is 14.9 Å². The van der Waals surface area contributed by atoms with Crippen molar-refractivity contribution in [2.24, 2.45) is 16.6 Å². The molecular formula is C30H35Cl2N7O2. The highest BCUT2D eigenvalue weighted by Gasteiger charge is 2.53. The highest BCUT2D eigenvalue weighted by atomic mass is 35.5. The largest absolute Gasteiger partial charge is 0.486 e. The minimum Gasteiger partial charge on any atom is -0.486 e. The van der Waals surface area contributed by atoms with Crippen LogP contribution < -0.4 is 21.1 Å². The van der Waals surface area contributed by atoms with Gasteiger partial charge in [-0.15, -0.1) is 0 Å². The molecule has 0 bridgehead atoms. The number of carbonyl (C=O) groups excluding carboxylic acids is 1. The van der Waals surface area contributed by atoms with E-state index in [9.17, 15) is 4.79 Å². The lowest BCUT2D eigenvalue weighted by Crippen LogP contribution is -2.73. The van der Waals surface area contributed by atoms with E-state index in [2.05, 4.69) is 14.9 Å². The Bertz CT molecular complexity index is 1440. The summed E-state index contributed by atoms with van der Waals surface area (Å²) in [5.41, 5.74) is 14.5. The molecule has 5 rings (SSSR count). The number of amides is 1. The molecule has 2 fully saturated rings. The molecule has 1 aromatic carbocycles. The summed E-state index contributed by atoms with van der Waals surface area (Å²) in [6, 6.07) is 9.01. The van der Waals surface area contributed by atoms with Gasteiger partial charge in [-0.25, -0.2) is 4.98 Å². The molecular weight excluding hydrogens is 561 g/mol. The number of nitrogen functional groups attached to an aromatic ring is 1. The number of nitrogens with one attached hydrogen (secondary N) is 1. The van der Waals surface area contributed by atoms with Gasteiger partial charge in [0, 0.05) is 79.0 Å². The van der Waals surface area contributed by atoms with Crippen molar-refractivity contribution in [1.29, 1.82) is 5.41 Å². The summed E-state index contributed by atoms with van der Waals surface area (Å²) in [4.78, 5) is 25.3. The quantitative estimate of drug-likeness (QED) is 0.235. The highest BCUT2D eigenvalue weighted by Crippen LogP contribution is 2.42. The van der Waals surface area contributed by atoms with Gasteiger partial charge >= 0.3 is 0 Å². The maximum Gasteiger partial charge on any atom is 0.223 e. The smallest absolute Gasteiger partial charge is 0.223 e. The summed E-state index contributed by atoms with van der Waals surface area (Å²) >= 11 is 12.6. The molecule has 41 heavy (non-hydrogen) atoms. The van der Waals surface area contributed by atoms with E-state index in [4.69, 9.17) is 44.8 Å².